The normalized spacial score (nSPS) is 10.3. The molecule has 0 saturated heterocycles. The second-order valence-corrected chi connectivity index (χ2v) is 6.22. The van der Waals surface area contributed by atoms with Crippen molar-refractivity contribution in [3.63, 3.8) is 0 Å². The minimum Gasteiger partial charge on any atom is -0.396 e. The van der Waals surface area contributed by atoms with E-state index >= 15 is 0 Å². The summed E-state index contributed by atoms with van der Waals surface area (Å²) in [5.74, 6) is 6.62. The topological polar surface area (TPSA) is 33.1 Å². The van der Waals surface area contributed by atoms with Crippen LogP contribution in [0, 0.1) is 11.8 Å². The molecule has 1 aromatic rings. The van der Waals surface area contributed by atoms with Crippen LogP contribution in [-0.2, 0) is 6.42 Å². The van der Waals surface area contributed by atoms with Crippen molar-refractivity contribution < 1.29 is 5.11 Å². The average molecular weight is 316 g/mol. The molecule has 0 aliphatic carbocycles. The molecule has 1 rings (SSSR count). The van der Waals surface area contributed by atoms with Crippen molar-refractivity contribution in [3.05, 3.63) is 30.1 Å². The summed E-state index contributed by atoms with van der Waals surface area (Å²) in [6.45, 7) is 0.349. The molecule has 0 bridgehead atoms. The smallest absolute Gasteiger partial charge is 0.0431 e. The fraction of sp³-hybridized carbons (Fsp3) is 0.667. The van der Waals surface area contributed by atoms with E-state index in [2.05, 4.69) is 22.9 Å². The Morgan fingerprint density at radius 2 is 1.39 bits per heavy atom. The quantitative estimate of drug-likeness (QED) is 0.396. The zero-order valence-corrected chi connectivity index (χ0v) is 14.6. The van der Waals surface area contributed by atoms with Gasteiger partial charge in [-0.15, -0.1) is 11.8 Å². The van der Waals surface area contributed by atoms with Gasteiger partial charge in [0.25, 0.3) is 0 Å². The Morgan fingerprint density at radius 3 is 2.00 bits per heavy atom. The van der Waals surface area contributed by atoms with Gasteiger partial charge in [0, 0.05) is 31.8 Å². The molecular weight excluding hydrogens is 282 g/mol. The number of nitrogens with zero attached hydrogens (tertiary/aromatic N) is 1. The van der Waals surface area contributed by atoms with E-state index in [4.69, 9.17) is 5.11 Å². The first-order chi connectivity index (χ1) is 11.4. The third-order valence-corrected chi connectivity index (χ3v) is 4.07. The highest BCUT2D eigenvalue weighted by Gasteiger charge is 1.92. The van der Waals surface area contributed by atoms with Crippen molar-refractivity contribution in [3.8, 4) is 11.8 Å². The first kappa shape index (κ1) is 19.7. The molecule has 1 aromatic heterocycles. The number of unbranched alkanes of at least 4 members (excludes halogenated alkanes) is 10. The fourth-order valence-electron chi connectivity index (χ4n) is 2.65. The molecule has 0 radical (unpaired) electrons. The molecule has 128 valence electrons. The largest absolute Gasteiger partial charge is 0.396 e. The average Bonchev–Trinajstić information content (AvgIpc) is 2.59. The van der Waals surface area contributed by atoms with Crippen LogP contribution in [0.1, 0.15) is 82.6 Å². The van der Waals surface area contributed by atoms with Crippen LogP contribution in [0.3, 0.4) is 0 Å². The highest BCUT2D eigenvalue weighted by Crippen LogP contribution is 2.09. The molecular formula is C21H33NO. The number of hydrogen-bond donors (Lipinski definition) is 1. The number of rotatable bonds is 13. The molecule has 0 unspecified atom stereocenters. The van der Waals surface area contributed by atoms with Gasteiger partial charge in [-0.3, -0.25) is 4.98 Å². The minimum absolute atomic E-state index is 0.349. The van der Waals surface area contributed by atoms with Gasteiger partial charge in [-0.05, 0) is 43.7 Å². The predicted octanol–water partition coefficient (Wildman–Crippen LogP) is 5.30. The summed E-state index contributed by atoms with van der Waals surface area (Å²) in [6.07, 6.45) is 19.4. The Morgan fingerprint density at radius 1 is 0.783 bits per heavy atom. The van der Waals surface area contributed by atoms with Gasteiger partial charge in [0.2, 0.25) is 0 Å². The van der Waals surface area contributed by atoms with Crippen molar-refractivity contribution in [1.82, 2.24) is 4.98 Å². The van der Waals surface area contributed by atoms with E-state index in [0.29, 0.717) is 6.61 Å². The number of aliphatic hydroxyl groups excluding tert-OH is 1. The van der Waals surface area contributed by atoms with Crippen LogP contribution in [0.15, 0.2) is 24.5 Å². The molecule has 0 atom stereocenters. The lowest BCUT2D eigenvalue weighted by atomic mass is 10.1. The summed E-state index contributed by atoms with van der Waals surface area (Å²) >= 11 is 0. The highest BCUT2D eigenvalue weighted by molar-refractivity contribution is 5.08. The van der Waals surface area contributed by atoms with Crippen LogP contribution in [0.5, 0.6) is 0 Å². The second kappa shape index (κ2) is 15.6. The molecule has 0 saturated carbocycles. The highest BCUT2D eigenvalue weighted by atomic mass is 16.2. The molecule has 0 spiro atoms. The van der Waals surface area contributed by atoms with Crippen LogP contribution in [0.25, 0.3) is 0 Å². The van der Waals surface area contributed by atoms with Gasteiger partial charge in [0.15, 0.2) is 0 Å². The number of aromatic nitrogens is 1. The monoisotopic (exact) mass is 315 g/mol. The summed E-state index contributed by atoms with van der Waals surface area (Å²) in [4.78, 5) is 4.14. The van der Waals surface area contributed by atoms with E-state index in [1.165, 1.54) is 63.4 Å². The maximum absolute atomic E-state index is 8.69. The summed E-state index contributed by atoms with van der Waals surface area (Å²) < 4.78 is 0. The number of aliphatic hydroxyl groups is 1. The Bertz CT molecular complexity index is 418. The van der Waals surface area contributed by atoms with Gasteiger partial charge in [-0.2, -0.15) is 0 Å². The van der Waals surface area contributed by atoms with E-state index < -0.39 is 0 Å². The zero-order chi connectivity index (χ0) is 16.4. The van der Waals surface area contributed by atoms with Crippen molar-refractivity contribution in [1.29, 1.82) is 0 Å². The SMILES string of the molecule is OCCCCCCCCCCC#CCCCCc1cccnc1. The number of pyridine rings is 1. The van der Waals surface area contributed by atoms with Gasteiger partial charge < -0.3 is 5.11 Å². The van der Waals surface area contributed by atoms with E-state index in [1.54, 1.807) is 0 Å². The van der Waals surface area contributed by atoms with Crippen LogP contribution < -0.4 is 0 Å². The Kier molecular flexibility index (Phi) is 13.3. The molecule has 2 nitrogen and oxygen atoms in total. The molecule has 0 fully saturated rings. The third-order valence-electron chi connectivity index (χ3n) is 4.07. The summed E-state index contributed by atoms with van der Waals surface area (Å²) in [6, 6.07) is 4.15. The molecule has 1 N–H and O–H groups in total. The lowest BCUT2D eigenvalue weighted by Crippen LogP contribution is -1.85. The molecule has 1 heterocycles. The molecule has 0 aliphatic heterocycles. The van der Waals surface area contributed by atoms with Gasteiger partial charge in [-0.1, -0.05) is 44.6 Å². The molecule has 0 aromatic carbocycles. The van der Waals surface area contributed by atoms with Gasteiger partial charge in [0.1, 0.15) is 0 Å². The Hall–Kier alpha value is -1.33. The van der Waals surface area contributed by atoms with E-state index in [-0.39, 0.29) is 0 Å². The zero-order valence-electron chi connectivity index (χ0n) is 14.6. The van der Waals surface area contributed by atoms with Crippen LogP contribution in [-0.4, -0.2) is 16.7 Å². The summed E-state index contributed by atoms with van der Waals surface area (Å²) in [7, 11) is 0. The van der Waals surface area contributed by atoms with E-state index in [1.807, 2.05) is 18.5 Å². The standard InChI is InChI=1S/C21H33NO/c23-19-14-12-10-8-6-4-2-1-3-5-7-9-11-13-16-21-17-15-18-22-20-21/h15,17-18,20,23H,1-4,6,8-14,16,19H2. The first-order valence-electron chi connectivity index (χ1n) is 9.39. The maximum Gasteiger partial charge on any atom is 0.0431 e. The van der Waals surface area contributed by atoms with Gasteiger partial charge in [-0.25, -0.2) is 0 Å². The van der Waals surface area contributed by atoms with Crippen LogP contribution >= 0.6 is 0 Å². The van der Waals surface area contributed by atoms with E-state index in [9.17, 15) is 0 Å². The summed E-state index contributed by atoms with van der Waals surface area (Å²) in [5.41, 5.74) is 1.33. The lowest BCUT2D eigenvalue weighted by Gasteiger charge is -2.00. The van der Waals surface area contributed by atoms with Crippen LogP contribution in [0.2, 0.25) is 0 Å². The van der Waals surface area contributed by atoms with Gasteiger partial charge >= 0.3 is 0 Å². The van der Waals surface area contributed by atoms with Crippen molar-refractivity contribution in [2.75, 3.05) is 6.61 Å². The number of aryl methyl sites for hydroxylation is 1. The Labute approximate surface area is 142 Å². The number of hydrogen-bond acceptors (Lipinski definition) is 2. The predicted molar refractivity (Wildman–Crippen MR) is 98.2 cm³/mol. The molecule has 23 heavy (non-hydrogen) atoms. The fourth-order valence-corrected chi connectivity index (χ4v) is 2.65. The lowest BCUT2D eigenvalue weighted by molar-refractivity contribution is 0.282. The molecule has 0 aliphatic rings. The van der Waals surface area contributed by atoms with Crippen molar-refractivity contribution >= 4 is 0 Å². The van der Waals surface area contributed by atoms with Crippen molar-refractivity contribution in [2.24, 2.45) is 0 Å². The van der Waals surface area contributed by atoms with E-state index in [0.717, 1.165) is 25.7 Å². The minimum atomic E-state index is 0.349. The molecule has 0 amide bonds. The summed E-state index contributed by atoms with van der Waals surface area (Å²) in [5, 5.41) is 8.69. The molecule has 2 heteroatoms. The van der Waals surface area contributed by atoms with Crippen LogP contribution in [0.4, 0.5) is 0 Å². The first-order valence-corrected chi connectivity index (χ1v) is 9.39. The maximum atomic E-state index is 8.69. The second-order valence-electron chi connectivity index (χ2n) is 6.22. The van der Waals surface area contributed by atoms with Gasteiger partial charge in [0.05, 0.1) is 0 Å². The van der Waals surface area contributed by atoms with Crippen molar-refractivity contribution in [2.45, 2.75) is 83.5 Å². The Balaban J connectivity index is 1.81. The third kappa shape index (κ3) is 12.9.